The molecule has 3 heterocycles. The van der Waals surface area contributed by atoms with Gasteiger partial charge in [0.2, 0.25) is 0 Å². The molecule has 30 heavy (non-hydrogen) atoms. The quantitative estimate of drug-likeness (QED) is 0.622. The molecule has 0 spiro atoms. The minimum absolute atomic E-state index is 0.0266. The molecule has 0 unspecified atom stereocenters. The normalized spacial score (nSPS) is 15.2. The number of aromatic nitrogens is 2. The third kappa shape index (κ3) is 3.86. The van der Waals surface area contributed by atoms with Crippen LogP contribution in [-0.2, 0) is 0 Å². The van der Waals surface area contributed by atoms with Crippen molar-refractivity contribution in [2.24, 2.45) is 0 Å². The molecule has 3 aromatic rings. The first-order chi connectivity index (χ1) is 14.3. The minimum Gasteiger partial charge on any atom is -0.487 e. The average Bonchev–Trinajstić information content (AvgIpc) is 3.10. The number of halogens is 2. The Balaban J connectivity index is 1.50. The van der Waals surface area contributed by atoms with E-state index in [-0.39, 0.29) is 23.7 Å². The summed E-state index contributed by atoms with van der Waals surface area (Å²) in [5.74, 6) is -1.32. The number of aryl methyl sites for hydroxylation is 1. The van der Waals surface area contributed by atoms with E-state index < -0.39 is 11.6 Å². The van der Waals surface area contributed by atoms with Crippen molar-refractivity contribution in [3.63, 3.8) is 0 Å². The highest BCUT2D eigenvalue weighted by Gasteiger charge is 2.28. The van der Waals surface area contributed by atoms with Crippen LogP contribution >= 0.6 is 0 Å². The predicted octanol–water partition coefficient (Wildman–Crippen LogP) is 4.62. The summed E-state index contributed by atoms with van der Waals surface area (Å²) < 4.78 is 37.9. The molecule has 8 heteroatoms. The highest BCUT2D eigenvalue weighted by molar-refractivity contribution is 6.06. The molecule has 6 nitrogen and oxygen atoms in total. The van der Waals surface area contributed by atoms with Crippen LogP contribution < -0.4 is 4.74 Å². The summed E-state index contributed by atoms with van der Waals surface area (Å²) in [6.45, 7) is 6.73. The first-order valence-corrected chi connectivity index (χ1v) is 10.0. The molecule has 2 aromatic heterocycles. The maximum absolute atomic E-state index is 13.8. The third-order valence-electron chi connectivity index (χ3n) is 5.38. The Labute approximate surface area is 172 Å². The fourth-order valence-electron chi connectivity index (χ4n) is 3.68. The van der Waals surface area contributed by atoms with Crippen molar-refractivity contribution < 1.29 is 22.8 Å². The summed E-state index contributed by atoms with van der Waals surface area (Å²) >= 11 is 0. The zero-order valence-electron chi connectivity index (χ0n) is 17.1. The molecular formula is C22H23F2N3O3. The van der Waals surface area contributed by atoms with Crippen LogP contribution in [0.2, 0.25) is 0 Å². The van der Waals surface area contributed by atoms with E-state index in [0.717, 1.165) is 11.8 Å². The van der Waals surface area contributed by atoms with Crippen LogP contribution in [0.4, 0.5) is 8.78 Å². The second-order valence-electron chi connectivity index (χ2n) is 7.88. The summed E-state index contributed by atoms with van der Waals surface area (Å²) in [6.07, 6.45) is 0.863. The van der Waals surface area contributed by atoms with Crippen molar-refractivity contribution in [3.8, 4) is 5.75 Å². The maximum atomic E-state index is 13.8. The molecular weight excluding hydrogens is 392 g/mol. The molecule has 0 bridgehead atoms. The van der Waals surface area contributed by atoms with Gasteiger partial charge in [0, 0.05) is 37.7 Å². The minimum atomic E-state index is -0.725. The standard InChI is InChI=1S/C22H23F2N3O3/c1-12(2)18-11-16(20-13(3)26-30-21(20)25-18)22(28)27-8-6-15(7-9-27)29-19-5-4-14(23)10-17(19)24/h4-5,10-12,15H,6-9H2,1-3H3. The Kier molecular flexibility index (Phi) is 5.40. The zero-order chi connectivity index (χ0) is 21.4. The van der Waals surface area contributed by atoms with E-state index in [1.165, 1.54) is 12.1 Å². The van der Waals surface area contributed by atoms with Crippen molar-refractivity contribution in [2.75, 3.05) is 13.1 Å². The van der Waals surface area contributed by atoms with Crippen LogP contribution in [0.5, 0.6) is 5.75 Å². The largest absolute Gasteiger partial charge is 0.487 e. The number of nitrogens with zero attached hydrogens (tertiary/aromatic N) is 3. The fraction of sp³-hybridized carbons (Fsp3) is 0.409. The second kappa shape index (κ2) is 8.01. The van der Waals surface area contributed by atoms with Gasteiger partial charge in [-0.1, -0.05) is 19.0 Å². The lowest BCUT2D eigenvalue weighted by Gasteiger charge is -2.32. The Morgan fingerprint density at radius 1 is 1.23 bits per heavy atom. The molecule has 1 aliphatic rings. The summed E-state index contributed by atoms with van der Waals surface area (Å²) in [7, 11) is 0. The maximum Gasteiger partial charge on any atom is 0.259 e. The lowest BCUT2D eigenvalue weighted by Crippen LogP contribution is -2.42. The van der Waals surface area contributed by atoms with E-state index in [2.05, 4.69) is 10.1 Å². The van der Waals surface area contributed by atoms with Crippen LogP contribution in [0.25, 0.3) is 11.1 Å². The molecule has 1 fully saturated rings. The molecule has 1 amide bonds. The smallest absolute Gasteiger partial charge is 0.259 e. The topological polar surface area (TPSA) is 68.5 Å². The van der Waals surface area contributed by atoms with Gasteiger partial charge >= 0.3 is 0 Å². The molecule has 0 saturated carbocycles. The Bertz CT molecular complexity index is 1090. The van der Waals surface area contributed by atoms with Gasteiger partial charge in [-0.15, -0.1) is 0 Å². The number of piperidine rings is 1. The lowest BCUT2D eigenvalue weighted by molar-refractivity contribution is 0.0589. The Morgan fingerprint density at radius 2 is 1.97 bits per heavy atom. The summed E-state index contributed by atoms with van der Waals surface area (Å²) in [5.41, 5.74) is 2.30. The average molecular weight is 415 g/mol. The zero-order valence-corrected chi connectivity index (χ0v) is 17.1. The summed E-state index contributed by atoms with van der Waals surface area (Å²) in [5, 5.41) is 4.60. The van der Waals surface area contributed by atoms with Crippen molar-refractivity contribution in [1.29, 1.82) is 0 Å². The van der Waals surface area contributed by atoms with E-state index in [1.54, 1.807) is 11.8 Å². The van der Waals surface area contributed by atoms with E-state index in [0.29, 0.717) is 48.3 Å². The highest BCUT2D eigenvalue weighted by Crippen LogP contribution is 2.28. The number of amides is 1. The van der Waals surface area contributed by atoms with Gasteiger partial charge in [-0.05, 0) is 31.0 Å². The predicted molar refractivity (Wildman–Crippen MR) is 107 cm³/mol. The molecule has 0 atom stereocenters. The van der Waals surface area contributed by atoms with Gasteiger partial charge in [0.25, 0.3) is 11.6 Å². The van der Waals surface area contributed by atoms with Crippen molar-refractivity contribution in [2.45, 2.75) is 45.6 Å². The van der Waals surface area contributed by atoms with E-state index in [9.17, 15) is 13.6 Å². The Morgan fingerprint density at radius 3 is 2.63 bits per heavy atom. The number of benzene rings is 1. The van der Waals surface area contributed by atoms with Crippen LogP contribution in [0, 0.1) is 18.6 Å². The fourth-order valence-corrected chi connectivity index (χ4v) is 3.68. The molecule has 0 aliphatic carbocycles. The number of rotatable bonds is 4. The van der Waals surface area contributed by atoms with E-state index in [4.69, 9.17) is 9.26 Å². The van der Waals surface area contributed by atoms with Crippen LogP contribution in [-0.4, -0.2) is 40.1 Å². The van der Waals surface area contributed by atoms with E-state index in [1.807, 2.05) is 19.9 Å². The number of ether oxygens (including phenoxy) is 1. The second-order valence-corrected chi connectivity index (χ2v) is 7.88. The molecule has 1 saturated heterocycles. The van der Waals surface area contributed by atoms with Crippen LogP contribution in [0.1, 0.15) is 54.4 Å². The number of fused-ring (bicyclic) bond motifs is 1. The van der Waals surface area contributed by atoms with Gasteiger partial charge in [0.15, 0.2) is 11.6 Å². The van der Waals surface area contributed by atoms with Gasteiger partial charge in [0.05, 0.1) is 16.6 Å². The third-order valence-corrected chi connectivity index (χ3v) is 5.38. The molecule has 0 N–H and O–H groups in total. The van der Waals surface area contributed by atoms with Gasteiger partial charge in [0.1, 0.15) is 11.9 Å². The summed E-state index contributed by atoms with van der Waals surface area (Å²) in [4.78, 5) is 19.5. The SMILES string of the molecule is Cc1noc2nc(C(C)C)cc(C(=O)N3CCC(Oc4ccc(F)cc4F)CC3)c12. The Hall–Kier alpha value is -3.03. The number of pyridine rings is 1. The van der Waals surface area contributed by atoms with Crippen molar-refractivity contribution >= 4 is 17.0 Å². The number of carbonyl (C=O) groups excluding carboxylic acids is 1. The number of likely N-dealkylation sites (tertiary alicyclic amines) is 1. The molecule has 4 rings (SSSR count). The molecule has 158 valence electrons. The first kappa shape index (κ1) is 20.3. The highest BCUT2D eigenvalue weighted by atomic mass is 19.1. The van der Waals surface area contributed by atoms with Crippen LogP contribution in [0.3, 0.4) is 0 Å². The molecule has 1 aliphatic heterocycles. The van der Waals surface area contributed by atoms with Gasteiger partial charge < -0.3 is 14.2 Å². The number of hydrogen-bond acceptors (Lipinski definition) is 5. The molecule has 0 radical (unpaired) electrons. The van der Waals surface area contributed by atoms with Gasteiger partial charge in [-0.25, -0.2) is 13.8 Å². The van der Waals surface area contributed by atoms with Crippen LogP contribution in [0.15, 0.2) is 28.8 Å². The lowest BCUT2D eigenvalue weighted by atomic mass is 10.0. The number of carbonyl (C=O) groups is 1. The molecule has 1 aromatic carbocycles. The van der Waals surface area contributed by atoms with E-state index >= 15 is 0 Å². The van der Waals surface area contributed by atoms with Gasteiger partial charge in [-0.3, -0.25) is 4.79 Å². The van der Waals surface area contributed by atoms with Crippen molar-refractivity contribution in [3.05, 3.63) is 52.9 Å². The summed E-state index contributed by atoms with van der Waals surface area (Å²) in [6, 6.07) is 5.07. The monoisotopic (exact) mass is 415 g/mol. The van der Waals surface area contributed by atoms with Crippen molar-refractivity contribution in [1.82, 2.24) is 15.0 Å². The van der Waals surface area contributed by atoms with Gasteiger partial charge in [-0.2, -0.15) is 0 Å². The number of hydrogen-bond donors (Lipinski definition) is 0. The first-order valence-electron chi connectivity index (χ1n) is 10.0.